The Kier molecular flexibility index (Phi) is 4.43. The molecule has 0 aliphatic heterocycles. The largest absolute Gasteiger partial charge is 0.431 e. The van der Waals surface area contributed by atoms with Crippen LogP contribution in [0.1, 0.15) is 31.3 Å². The lowest BCUT2D eigenvalue weighted by atomic mass is 10.1. The van der Waals surface area contributed by atoms with Gasteiger partial charge in [0.2, 0.25) is 0 Å². The number of rotatable bonds is 4. The Balaban J connectivity index is 1.69. The number of carbonyl (C=O) groups is 2. The van der Waals surface area contributed by atoms with Crippen molar-refractivity contribution in [3.05, 3.63) is 63.7 Å². The van der Waals surface area contributed by atoms with Crippen LogP contribution >= 0.6 is 11.3 Å². The number of aryl methyl sites for hydroxylation is 2. The molecule has 0 spiro atoms. The minimum Gasteiger partial charge on any atom is -0.431 e. The lowest BCUT2D eigenvalue weighted by Gasteiger charge is -2.07. The highest BCUT2D eigenvalue weighted by molar-refractivity contribution is 7.12. The van der Waals surface area contributed by atoms with Crippen molar-refractivity contribution >= 4 is 34.9 Å². The first-order chi connectivity index (χ1) is 11.5. The monoisotopic (exact) mass is 341 g/mol. The van der Waals surface area contributed by atoms with Gasteiger partial charge < -0.3 is 9.73 Å². The number of benzene rings is 1. The van der Waals surface area contributed by atoms with Crippen LogP contribution in [0.4, 0.5) is 11.7 Å². The van der Waals surface area contributed by atoms with E-state index in [1.807, 2.05) is 32.0 Å². The van der Waals surface area contributed by atoms with Crippen LogP contribution in [0, 0.1) is 13.8 Å². The second kappa shape index (κ2) is 6.67. The minimum absolute atomic E-state index is 0.0143. The highest BCUT2D eigenvalue weighted by atomic mass is 32.1. The smallest absolute Gasteiger partial charge is 0.302 e. The van der Waals surface area contributed by atoms with Gasteiger partial charge in [-0.15, -0.1) is 11.3 Å². The average Bonchev–Trinajstić information content (AvgIpc) is 3.22. The topological polar surface area (TPSA) is 84.2 Å². The molecule has 3 aromatic rings. The first-order valence-corrected chi connectivity index (χ1v) is 8.10. The molecule has 0 unspecified atom stereocenters. The molecule has 2 aromatic heterocycles. The van der Waals surface area contributed by atoms with E-state index in [0.29, 0.717) is 10.6 Å². The normalized spacial score (nSPS) is 10.4. The van der Waals surface area contributed by atoms with Gasteiger partial charge in [-0.25, -0.2) is 0 Å². The van der Waals surface area contributed by atoms with Gasteiger partial charge in [0.05, 0.1) is 4.88 Å². The van der Waals surface area contributed by atoms with Gasteiger partial charge in [0.25, 0.3) is 11.8 Å². The highest BCUT2D eigenvalue weighted by Crippen LogP contribution is 2.18. The molecular formula is C17H15N3O3S. The van der Waals surface area contributed by atoms with E-state index >= 15 is 0 Å². The van der Waals surface area contributed by atoms with Crippen LogP contribution < -0.4 is 10.6 Å². The second-order valence-electron chi connectivity index (χ2n) is 5.24. The molecule has 2 amide bonds. The molecule has 6 nitrogen and oxygen atoms in total. The zero-order chi connectivity index (χ0) is 17.1. The summed E-state index contributed by atoms with van der Waals surface area (Å²) in [5, 5.41) is 7.11. The number of hydrogen-bond acceptors (Lipinski definition) is 5. The maximum absolute atomic E-state index is 12.3. The Bertz CT molecular complexity index is 884. The van der Waals surface area contributed by atoms with Crippen LogP contribution in [-0.2, 0) is 0 Å². The van der Waals surface area contributed by atoms with Crippen LogP contribution in [-0.4, -0.2) is 16.8 Å². The third-order valence-corrected chi connectivity index (χ3v) is 4.21. The molecule has 0 fully saturated rings. The number of nitrogens with one attached hydrogen (secondary N) is 2. The van der Waals surface area contributed by atoms with Crippen LogP contribution in [0.2, 0.25) is 0 Å². The Morgan fingerprint density at radius 2 is 1.96 bits per heavy atom. The number of oxazole rings is 1. The Hall–Kier alpha value is -2.93. The molecule has 0 saturated heterocycles. The van der Waals surface area contributed by atoms with Crippen molar-refractivity contribution < 1.29 is 14.0 Å². The molecule has 122 valence electrons. The third-order valence-electron chi connectivity index (χ3n) is 3.34. The summed E-state index contributed by atoms with van der Waals surface area (Å²) in [5.74, 6) is -0.725. The molecule has 1 aromatic carbocycles. The fraction of sp³-hybridized carbons (Fsp3) is 0.118. The summed E-state index contributed by atoms with van der Waals surface area (Å²) in [5.41, 5.74) is 2.80. The van der Waals surface area contributed by atoms with E-state index in [9.17, 15) is 9.59 Å². The van der Waals surface area contributed by atoms with Crippen molar-refractivity contribution in [2.45, 2.75) is 13.8 Å². The summed E-state index contributed by atoms with van der Waals surface area (Å²) in [4.78, 5) is 28.7. The first-order valence-electron chi connectivity index (χ1n) is 7.22. The number of anilines is 2. The Morgan fingerprint density at radius 3 is 2.71 bits per heavy atom. The molecule has 0 atom stereocenters. The lowest BCUT2D eigenvalue weighted by Crippen LogP contribution is -2.14. The van der Waals surface area contributed by atoms with Crippen molar-refractivity contribution in [2.24, 2.45) is 0 Å². The van der Waals surface area contributed by atoms with Crippen LogP contribution in [0.5, 0.6) is 0 Å². The van der Waals surface area contributed by atoms with Gasteiger partial charge in [0.1, 0.15) is 6.26 Å². The molecule has 0 radical (unpaired) electrons. The van der Waals surface area contributed by atoms with E-state index in [1.54, 1.807) is 17.5 Å². The molecule has 24 heavy (non-hydrogen) atoms. The van der Waals surface area contributed by atoms with E-state index in [4.69, 9.17) is 4.42 Å². The second-order valence-corrected chi connectivity index (χ2v) is 6.19. The number of carbonyl (C=O) groups excluding carboxylic acids is 2. The van der Waals surface area contributed by atoms with Crippen LogP contribution in [0.3, 0.4) is 0 Å². The van der Waals surface area contributed by atoms with Gasteiger partial charge in [-0.2, -0.15) is 4.98 Å². The maximum Gasteiger partial charge on any atom is 0.302 e. The Morgan fingerprint density at radius 1 is 1.12 bits per heavy atom. The fourth-order valence-corrected chi connectivity index (χ4v) is 2.68. The lowest BCUT2D eigenvalue weighted by molar-refractivity contribution is 0.101. The van der Waals surface area contributed by atoms with Crippen molar-refractivity contribution in [3.8, 4) is 0 Å². The van der Waals surface area contributed by atoms with Crippen molar-refractivity contribution in [3.63, 3.8) is 0 Å². The van der Waals surface area contributed by atoms with Gasteiger partial charge in [-0.3, -0.25) is 14.9 Å². The van der Waals surface area contributed by atoms with E-state index in [1.165, 1.54) is 17.6 Å². The molecule has 0 saturated carbocycles. The average molecular weight is 341 g/mol. The highest BCUT2D eigenvalue weighted by Gasteiger charge is 2.16. The maximum atomic E-state index is 12.3. The van der Waals surface area contributed by atoms with Crippen molar-refractivity contribution in [1.82, 2.24) is 4.98 Å². The predicted molar refractivity (Wildman–Crippen MR) is 92.6 cm³/mol. The van der Waals surface area contributed by atoms with Gasteiger partial charge in [0.15, 0.2) is 5.69 Å². The third kappa shape index (κ3) is 3.52. The van der Waals surface area contributed by atoms with Gasteiger partial charge in [-0.1, -0.05) is 18.2 Å². The Labute approximate surface area is 142 Å². The van der Waals surface area contributed by atoms with E-state index in [0.717, 1.165) is 11.1 Å². The van der Waals surface area contributed by atoms with Crippen molar-refractivity contribution in [1.29, 1.82) is 0 Å². The molecule has 3 rings (SSSR count). The number of nitrogens with zero attached hydrogens (tertiary/aromatic N) is 1. The summed E-state index contributed by atoms with van der Waals surface area (Å²) in [6.45, 7) is 3.86. The van der Waals surface area contributed by atoms with E-state index in [2.05, 4.69) is 15.6 Å². The minimum atomic E-state index is -0.399. The molecule has 0 aliphatic rings. The molecule has 2 N–H and O–H groups in total. The summed E-state index contributed by atoms with van der Waals surface area (Å²) in [6.07, 6.45) is 1.21. The van der Waals surface area contributed by atoms with Gasteiger partial charge in [0, 0.05) is 5.69 Å². The summed E-state index contributed by atoms with van der Waals surface area (Å²) < 4.78 is 5.15. The zero-order valence-corrected chi connectivity index (χ0v) is 13.9. The summed E-state index contributed by atoms with van der Waals surface area (Å²) >= 11 is 1.31. The first kappa shape index (κ1) is 15.9. The fourth-order valence-electron chi connectivity index (χ4n) is 2.06. The van der Waals surface area contributed by atoms with E-state index < -0.39 is 5.91 Å². The molecule has 2 heterocycles. The molecular weight excluding hydrogens is 326 g/mol. The zero-order valence-electron chi connectivity index (χ0n) is 13.1. The van der Waals surface area contributed by atoms with Crippen molar-refractivity contribution in [2.75, 3.05) is 10.6 Å². The molecule has 7 heteroatoms. The molecule has 0 bridgehead atoms. The SMILES string of the molecule is Cc1ccc(C)c(NC(=O)c2coc(NC(=O)c3cccs3)n2)c1. The summed E-state index contributed by atoms with van der Waals surface area (Å²) in [7, 11) is 0. The van der Waals surface area contributed by atoms with Crippen LogP contribution in [0.15, 0.2) is 46.4 Å². The predicted octanol–water partition coefficient (Wildman–Crippen LogP) is 3.86. The quantitative estimate of drug-likeness (QED) is 0.755. The number of aromatic nitrogens is 1. The van der Waals surface area contributed by atoms with E-state index in [-0.39, 0.29) is 17.6 Å². The van der Waals surface area contributed by atoms with Crippen LogP contribution in [0.25, 0.3) is 0 Å². The van der Waals surface area contributed by atoms with Gasteiger partial charge >= 0.3 is 6.01 Å². The number of amides is 2. The molecule has 0 aliphatic carbocycles. The van der Waals surface area contributed by atoms with Gasteiger partial charge in [-0.05, 0) is 42.5 Å². The number of hydrogen-bond donors (Lipinski definition) is 2. The standard InChI is InChI=1S/C17H15N3O3S/c1-10-5-6-11(2)12(8-10)18-15(21)13-9-23-17(19-13)20-16(22)14-4-3-7-24-14/h3-9H,1-2H3,(H,18,21)(H,19,20,22). The summed E-state index contributed by atoms with van der Waals surface area (Å²) in [6, 6.07) is 9.24. The number of thiophene rings is 1.